The largest absolute Gasteiger partial charge is 0.573 e. The van der Waals surface area contributed by atoms with E-state index in [-0.39, 0.29) is 37.0 Å². The standard InChI is InChI=1S/C22H16F3N5O4/c23-22(24,25)34-17-6-2-5-16(10-17)27-19(31)18-13-33-21-28-20(32)29(7-8-30(18)21)12-15-4-1-3-14(9-15)11-26/h1-6,9-10,13H,7-8,12H2,(H,27,31). The average Bonchev–Trinajstić information content (AvgIpc) is 3.11. The highest BCUT2D eigenvalue weighted by Crippen LogP contribution is 2.26. The van der Waals surface area contributed by atoms with Gasteiger partial charge < -0.3 is 19.7 Å². The summed E-state index contributed by atoms with van der Waals surface area (Å²) in [6.45, 7) is 0.584. The molecule has 0 aliphatic carbocycles. The maximum absolute atomic E-state index is 12.8. The zero-order chi connectivity index (χ0) is 24.3. The van der Waals surface area contributed by atoms with Crippen LogP contribution in [0.2, 0.25) is 0 Å². The monoisotopic (exact) mass is 471 g/mol. The molecule has 2 aliphatic heterocycles. The van der Waals surface area contributed by atoms with Crippen LogP contribution in [0, 0.1) is 11.3 Å². The number of carbonyl (C=O) groups excluding carboxylic acids is 2. The summed E-state index contributed by atoms with van der Waals surface area (Å²) >= 11 is 0. The molecule has 0 fully saturated rings. The fraction of sp³-hybridized carbons (Fsp3) is 0.182. The molecule has 0 saturated carbocycles. The van der Waals surface area contributed by atoms with Crippen LogP contribution >= 0.6 is 0 Å². The molecule has 174 valence electrons. The van der Waals surface area contributed by atoms with Crippen LogP contribution in [0.1, 0.15) is 11.1 Å². The second kappa shape index (κ2) is 9.14. The molecule has 12 heteroatoms. The van der Waals surface area contributed by atoms with Gasteiger partial charge in [-0.2, -0.15) is 5.26 Å². The second-order valence-corrected chi connectivity index (χ2v) is 7.21. The molecule has 1 N–H and O–H groups in total. The van der Waals surface area contributed by atoms with Crippen LogP contribution in [0.4, 0.5) is 23.7 Å². The van der Waals surface area contributed by atoms with Gasteiger partial charge in [0.1, 0.15) is 17.7 Å². The number of ether oxygens (including phenoxy) is 2. The number of aliphatic imine (C=N–C) groups is 1. The summed E-state index contributed by atoms with van der Waals surface area (Å²) in [4.78, 5) is 32.1. The Bertz CT molecular complexity index is 1240. The molecule has 0 unspecified atom stereocenters. The van der Waals surface area contributed by atoms with Crippen molar-refractivity contribution in [3.8, 4) is 11.8 Å². The molecule has 2 heterocycles. The number of hydrogen-bond donors (Lipinski definition) is 1. The van der Waals surface area contributed by atoms with Crippen LogP contribution in [0.25, 0.3) is 0 Å². The third kappa shape index (κ3) is 5.26. The molecule has 34 heavy (non-hydrogen) atoms. The quantitative estimate of drug-likeness (QED) is 0.715. The van der Waals surface area contributed by atoms with Crippen molar-refractivity contribution in [1.82, 2.24) is 9.80 Å². The van der Waals surface area contributed by atoms with Gasteiger partial charge in [0.05, 0.1) is 11.6 Å². The van der Waals surface area contributed by atoms with Crippen LogP contribution in [-0.4, -0.2) is 47.2 Å². The van der Waals surface area contributed by atoms with E-state index in [0.29, 0.717) is 5.56 Å². The number of amides is 3. The molecule has 2 aliphatic rings. The van der Waals surface area contributed by atoms with Crippen molar-refractivity contribution in [2.75, 3.05) is 18.4 Å². The lowest BCUT2D eigenvalue weighted by molar-refractivity contribution is -0.274. The van der Waals surface area contributed by atoms with Crippen LogP contribution < -0.4 is 10.1 Å². The fourth-order valence-electron chi connectivity index (χ4n) is 3.36. The summed E-state index contributed by atoms with van der Waals surface area (Å²) in [6.07, 6.45) is -3.75. The third-order valence-corrected chi connectivity index (χ3v) is 4.84. The van der Waals surface area contributed by atoms with Crippen molar-refractivity contribution in [1.29, 1.82) is 5.26 Å². The number of fused-ring (bicyclic) bond motifs is 1. The first kappa shape index (κ1) is 22.7. The first-order chi connectivity index (χ1) is 16.2. The summed E-state index contributed by atoms with van der Waals surface area (Å²) in [7, 11) is 0. The van der Waals surface area contributed by atoms with E-state index >= 15 is 0 Å². The molecular weight excluding hydrogens is 455 g/mol. The number of amidine groups is 1. The molecule has 0 aromatic heterocycles. The van der Waals surface area contributed by atoms with Crippen molar-refractivity contribution in [2.45, 2.75) is 12.9 Å². The van der Waals surface area contributed by atoms with Crippen LogP contribution in [0.3, 0.4) is 0 Å². The topological polar surface area (TPSA) is 107 Å². The van der Waals surface area contributed by atoms with Crippen molar-refractivity contribution < 1.29 is 32.2 Å². The number of nitrogens with one attached hydrogen (secondary N) is 1. The lowest BCUT2D eigenvalue weighted by atomic mass is 10.1. The van der Waals surface area contributed by atoms with Crippen molar-refractivity contribution >= 4 is 23.6 Å². The normalized spacial score (nSPS) is 15.4. The van der Waals surface area contributed by atoms with Gasteiger partial charge in [-0.15, -0.1) is 18.2 Å². The molecule has 9 nitrogen and oxygen atoms in total. The van der Waals surface area contributed by atoms with Crippen molar-refractivity contribution in [3.63, 3.8) is 0 Å². The Labute approximate surface area is 191 Å². The Balaban J connectivity index is 1.43. The Morgan fingerprint density at radius 2 is 2.00 bits per heavy atom. The molecule has 0 radical (unpaired) electrons. The SMILES string of the molecule is N#Cc1cccc(CN2CCN3C(C(=O)Nc4cccc(OC(F)(F)F)c4)=COC3=NC2=O)c1. The molecule has 0 atom stereocenters. The van der Waals surface area contributed by atoms with Crippen LogP contribution in [0.15, 0.2) is 65.5 Å². The van der Waals surface area contributed by atoms with Gasteiger partial charge in [0.25, 0.3) is 5.91 Å². The van der Waals surface area contributed by atoms with E-state index in [9.17, 15) is 22.8 Å². The van der Waals surface area contributed by atoms with Gasteiger partial charge in [0, 0.05) is 31.4 Å². The highest BCUT2D eigenvalue weighted by atomic mass is 19.4. The lowest BCUT2D eigenvalue weighted by Gasteiger charge is -2.21. The summed E-state index contributed by atoms with van der Waals surface area (Å²) < 4.78 is 46.5. The number of rotatable bonds is 5. The minimum Gasteiger partial charge on any atom is -0.431 e. The minimum atomic E-state index is -4.86. The number of anilines is 1. The molecule has 2 aromatic carbocycles. The number of benzene rings is 2. The van der Waals surface area contributed by atoms with Gasteiger partial charge in [0.15, 0.2) is 0 Å². The minimum absolute atomic E-state index is 0.0296. The van der Waals surface area contributed by atoms with Crippen molar-refractivity contribution in [3.05, 3.63) is 71.6 Å². The highest BCUT2D eigenvalue weighted by Gasteiger charge is 2.34. The Hall–Kier alpha value is -4.53. The fourth-order valence-corrected chi connectivity index (χ4v) is 3.36. The Kier molecular flexibility index (Phi) is 6.09. The molecule has 0 bridgehead atoms. The molecule has 3 amide bonds. The number of alkyl halides is 3. The smallest absolute Gasteiger partial charge is 0.431 e. The predicted octanol–water partition coefficient (Wildman–Crippen LogP) is 3.56. The summed E-state index contributed by atoms with van der Waals surface area (Å²) in [5, 5.41) is 11.5. The number of hydrogen-bond acceptors (Lipinski definition) is 6. The number of halogens is 3. The molecule has 4 rings (SSSR count). The van der Waals surface area contributed by atoms with E-state index in [0.717, 1.165) is 24.0 Å². The molecular formula is C22H16F3N5O4. The number of nitrogens with zero attached hydrogens (tertiary/aromatic N) is 4. The summed E-state index contributed by atoms with van der Waals surface area (Å²) in [5.74, 6) is -1.15. The molecule has 2 aromatic rings. The first-order valence-corrected chi connectivity index (χ1v) is 9.90. The first-order valence-electron chi connectivity index (χ1n) is 9.90. The Morgan fingerprint density at radius 3 is 2.76 bits per heavy atom. The molecule has 0 saturated heterocycles. The van der Waals surface area contributed by atoms with E-state index in [1.54, 1.807) is 24.3 Å². The number of carbonyl (C=O) groups is 2. The summed E-state index contributed by atoms with van der Waals surface area (Å²) in [5.41, 5.74) is 1.30. The van der Waals surface area contributed by atoms with Gasteiger partial charge in [-0.25, -0.2) is 4.79 Å². The van der Waals surface area contributed by atoms with Crippen molar-refractivity contribution in [2.24, 2.45) is 4.99 Å². The van der Waals surface area contributed by atoms with E-state index in [1.165, 1.54) is 21.9 Å². The van der Waals surface area contributed by atoms with Gasteiger partial charge in [-0.05, 0) is 29.8 Å². The zero-order valence-corrected chi connectivity index (χ0v) is 17.4. The van der Waals surface area contributed by atoms with Gasteiger partial charge in [-0.1, -0.05) is 18.2 Å². The molecule has 0 spiro atoms. The van der Waals surface area contributed by atoms with Gasteiger partial charge >= 0.3 is 18.4 Å². The van der Waals surface area contributed by atoms with E-state index in [4.69, 9.17) is 10.00 Å². The van der Waals surface area contributed by atoms with Crippen LogP contribution in [0.5, 0.6) is 5.75 Å². The van der Waals surface area contributed by atoms with Crippen LogP contribution in [-0.2, 0) is 16.1 Å². The maximum atomic E-state index is 12.8. The number of urea groups is 1. The van der Waals surface area contributed by atoms with E-state index in [1.807, 2.05) is 6.07 Å². The summed E-state index contributed by atoms with van der Waals surface area (Å²) in [6, 6.07) is 13.0. The van der Waals surface area contributed by atoms with Gasteiger partial charge in [0.2, 0.25) is 0 Å². The third-order valence-electron chi connectivity index (χ3n) is 4.84. The average molecular weight is 471 g/mol. The second-order valence-electron chi connectivity index (χ2n) is 7.21. The number of nitriles is 1. The van der Waals surface area contributed by atoms with E-state index in [2.05, 4.69) is 15.0 Å². The lowest BCUT2D eigenvalue weighted by Crippen LogP contribution is -2.36. The van der Waals surface area contributed by atoms with E-state index < -0.39 is 24.1 Å². The van der Waals surface area contributed by atoms with Gasteiger partial charge in [-0.3, -0.25) is 9.69 Å². The predicted molar refractivity (Wildman–Crippen MR) is 112 cm³/mol. The Morgan fingerprint density at radius 1 is 1.21 bits per heavy atom. The maximum Gasteiger partial charge on any atom is 0.573 e. The highest BCUT2D eigenvalue weighted by molar-refractivity contribution is 6.08. The zero-order valence-electron chi connectivity index (χ0n) is 17.4.